The van der Waals surface area contributed by atoms with E-state index in [4.69, 9.17) is 25.8 Å². The van der Waals surface area contributed by atoms with Crippen LogP contribution in [0.25, 0.3) is 5.76 Å². The van der Waals surface area contributed by atoms with Crippen molar-refractivity contribution in [1.82, 2.24) is 4.90 Å². The van der Waals surface area contributed by atoms with Crippen molar-refractivity contribution in [3.63, 3.8) is 0 Å². The summed E-state index contributed by atoms with van der Waals surface area (Å²) in [6.45, 7) is 3.07. The zero-order valence-electron chi connectivity index (χ0n) is 18.3. The van der Waals surface area contributed by atoms with E-state index in [0.29, 0.717) is 53.8 Å². The summed E-state index contributed by atoms with van der Waals surface area (Å²) >= 11 is 6.10. The molecule has 170 valence electrons. The number of carbonyl (C=O) groups excluding carboxylic acids is 2. The Kier molecular flexibility index (Phi) is 7.77. The second-order valence-electron chi connectivity index (χ2n) is 7.19. The number of amides is 1. The molecule has 0 radical (unpaired) electrons. The zero-order valence-corrected chi connectivity index (χ0v) is 19.0. The molecule has 0 saturated carbocycles. The highest BCUT2D eigenvalue weighted by Gasteiger charge is 2.45. The van der Waals surface area contributed by atoms with Crippen LogP contribution in [0, 0.1) is 0 Å². The van der Waals surface area contributed by atoms with Gasteiger partial charge in [0, 0.05) is 25.8 Å². The third-order valence-electron chi connectivity index (χ3n) is 5.20. The number of hydrogen-bond acceptors (Lipinski definition) is 6. The number of hydrogen-bond donors (Lipinski definition) is 1. The lowest BCUT2D eigenvalue weighted by Crippen LogP contribution is -2.31. The molecule has 1 aliphatic rings. The number of methoxy groups -OCH3 is 2. The number of nitrogens with zero attached hydrogens (tertiary/aromatic N) is 1. The minimum atomic E-state index is -0.770. The smallest absolute Gasteiger partial charge is 0.295 e. The Hall–Kier alpha value is -3.03. The fourth-order valence-electron chi connectivity index (χ4n) is 3.74. The second kappa shape index (κ2) is 10.5. The summed E-state index contributed by atoms with van der Waals surface area (Å²) in [5, 5.41) is 11.5. The number of likely N-dealkylation sites (tertiary alicyclic amines) is 1. The van der Waals surface area contributed by atoms with Gasteiger partial charge in [0.25, 0.3) is 11.7 Å². The van der Waals surface area contributed by atoms with E-state index in [1.54, 1.807) is 43.5 Å². The fourth-order valence-corrected chi connectivity index (χ4v) is 3.93. The molecule has 7 nitrogen and oxygen atoms in total. The maximum absolute atomic E-state index is 13.1. The van der Waals surface area contributed by atoms with Gasteiger partial charge in [0.2, 0.25) is 0 Å². The van der Waals surface area contributed by atoms with Crippen LogP contribution >= 0.6 is 11.6 Å². The molecule has 1 saturated heterocycles. The van der Waals surface area contributed by atoms with Gasteiger partial charge in [-0.2, -0.15) is 0 Å². The largest absolute Gasteiger partial charge is 0.507 e. The first-order valence-electron chi connectivity index (χ1n) is 10.3. The number of rotatable bonds is 9. The van der Waals surface area contributed by atoms with Gasteiger partial charge in [0.15, 0.2) is 0 Å². The summed E-state index contributed by atoms with van der Waals surface area (Å²) in [6.07, 6.45) is 0.542. The highest BCUT2D eigenvalue weighted by molar-refractivity contribution is 6.46. The molecular formula is C24H26ClNO6. The molecule has 0 aliphatic carbocycles. The van der Waals surface area contributed by atoms with Crippen LogP contribution in [0.2, 0.25) is 5.02 Å². The van der Waals surface area contributed by atoms with Crippen LogP contribution < -0.4 is 9.47 Å². The molecule has 32 heavy (non-hydrogen) atoms. The van der Waals surface area contributed by atoms with Crippen LogP contribution in [0.5, 0.6) is 11.5 Å². The highest BCUT2D eigenvalue weighted by atomic mass is 35.5. The van der Waals surface area contributed by atoms with Gasteiger partial charge >= 0.3 is 0 Å². The normalized spacial score (nSPS) is 17.6. The average molecular weight is 460 g/mol. The topological polar surface area (TPSA) is 85.3 Å². The lowest BCUT2D eigenvalue weighted by Gasteiger charge is -2.25. The maximum atomic E-state index is 13.1. The van der Waals surface area contributed by atoms with E-state index in [-0.39, 0.29) is 11.3 Å². The number of Topliss-reactive ketones (excluding diaryl/α,β-unsaturated/α-hetero) is 1. The fraction of sp³-hybridized carbons (Fsp3) is 0.333. The Morgan fingerprint density at radius 3 is 2.62 bits per heavy atom. The van der Waals surface area contributed by atoms with Crippen molar-refractivity contribution >= 4 is 29.1 Å². The molecule has 3 rings (SSSR count). The molecule has 1 unspecified atom stereocenters. The van der Waals surface area contributed by atoms with E-state index >= 15 is 0 Å². The third kappa shape index (κ3) is 4.74. The van der Waals surface area contributed by atoms with Crippen molar-refractivity contribution < 1.29 is 28.9 Å². The van der Waals surface area contributed by atoms with Crippen LogP contribution in [0.1, 0.15) is 30.5 Å². The molecule has 1 atom stereocenters. The molecule has 2 aromatic carbocycles. The molecule has 8 heteroatoms. The SMILES string of the molecule is CCOc1cccc(C2/C(=C(/O)c3ccc(Cl)c(OC)c3)C(=O)C(=O)N2CCCOC)c1. The van der Waals surface area contributed by atoms with E-state index in [9.17, 15) is 14.7 Å². The van der Waals surface area contributed by atoms with Crippen LogP contribution in [0.3, 0.4) is 0 Å². The van der Waals surface area contributed by atoms with Crippen molar-refractivity contribution in [2.45, 2.75) is 19.4 Å². The van der Waals surface area contributed by atoms with Crippen LogP contribution in [0.4, 0.5) is 0 Å². The standard InChI is InChI=1S/C24H26ClNO6/c1-4-32-17-8-5-7-15(13-17)21-20(23(28)24(29)26(21)11-6-12-30-2)22(27)16-9-10-18(25)19(14-16)31-3/h5,7-10,13-14,21,27H,4,6,11-12H2,1-3H3/b22-20-. The molecule has 1 N–H and O–H groups in total. The molecular weight excluding hydrogens is 434 g/mol. The Labute approximate surface area is 192 Å². The summed E-state index contributed by atoms with van der Waals surface area (Å²) in [5.74, 6) is -0.754. The molecule has 2 aromatic rings. The molecule has 1 heterocycles. The summed E-state index contributed by atoms with van der Waals surface area (Å²) in [5.41, 5.74) is 0.993. The van der Waals surface area contributed by atoms with Gasteiger partial charge in [-0.05, 0) is 49.2 Å². The van der Waals surface area contributed by atoms with Gasteiger partial charge in [-0.3, -0.25) is 9.59 Å². The lowest BCUT2D eigenvalue weighted by atomic mass is 9.95. The number of ketones is 1. The molecule has 0 bridgehead atoms. The van der Waals surface area contributed by atoms with Crippen LogP contribution in [0.15, 0.2) is 48.0 Å². The number of benzene rings is 2. The quantitative estimate of drug-likeness (QED) is 0.262. The van der Waals surface area contributed by atoms with E-state index < -0.39 is 17.7 Å². The van der Waals surface area contributed by atoms with E-state index in [1.807, 2.05) is 6.92 Å². The summed E-state index contributed by atoms with van der Waals surface area (Å²) in [4.78, 5) is 27.4. The van der Waals surface area contributed by atoms with Gasteiger partial charge in [0.1, 0.15) is 17.3 Å². The van der Waals surface area contributed by atoms with E-state index in [1.165, 1.54) is 18.1 Å². The van der Waals surface area contributed by atoms with Crippen molar-refractivity contribution in [2.24, 2.45) is 0 Å². The van der Waals surface area contributed by atoms with Gasteiger partial charge in [-0.15, -0.1) is 0 Å². The van der Waals surface area contributed by atoms with Gasteiger partial charge < -0.3 is 24.2 Å². The first-order chi connectivity index (χ1) is 15.4. The first kappa shape index (κ1) is 23.6. The lowest BCUT2D eigenvalue weighted by molar-refractivity contribution is -0.140. The van der Waals surface area contributed by atoms with Crippen molar-refractivity contribution in [2.75, 3.05) is 34.0 Å². The minimum absolute atomic E-state index is 0.00504. The third-order valence-corrected chi connectivity index (χ3v) is 5.51. The predicted octanol–water partition coefficient (Wildman–Crippen LogP) is 4.21. The predicted molar refractivity (Wildman–Crippen MR) is 121 cm³/mol. The van der Waals surface area contributed by atoms with Crippen molar-refractivity contribution in [1.29, 1.82) is 0 Å². The molecule has 1 aliphatic heterocycles. The summed E-state index contributed by atoms with van der Waals surface area (Å²) in [7, 11) is 3.03. The maximum Gasteiger partial charge on any atom is 0.295 e. The summed E-state index contributed by atoms with van der Waals surface area (Å²) < 4.78 is 15.9. The van der Waals surface area contributed by atoms with Gasteiger partial charge in [0.05, 0.1) is 30.4 Å². The molecule has 0 aromatic heterocycles. The van der Waals surface area contributed by atoms with E-state index in [0.717, 1.165) is 0 Å². The number of aliphatic hydroxyl groups is 1. The molecule has 1 amide bonds. The highest BCUT2D eigenvalue weighted by Crippen LogP contribution is 2.41. The number of ether oxygens (including phenoxy) is 3. The average Bonchev–Trinajstić information content (AvgIpc) is 3.04. The first-order valence-corrected chi connectivity index (χ1v) is 10.6. The molecule has 0 spiro atoms. The van der Waals surface area contributed by atoms with Crippen LogP contribution in [-0.4, -0.2) is 55.7 Å². The Morgan fingerprint density at radius 2 is 1.94 bits per heavy atom. The van der Waals surface area contributed by atoms with Crippen LogP contribution in [-0.2, 0) is 14.3 Å². The molecule has 1 fully saturated rings. The van der Waals surface area contributed by atoms with Crippen molar-refractivity contribution in [3.8, 4) is 11.5 Å². The van der Waals surface area contributed by atoms with Gasteiger partial charge in [-0.25, -0.2) is 0 Å². The zero-order chi connectivity index (χ0) is 23.3. The van der Waals surface area contributed by atoms with Crippen molar-refractivity contribution in [3.05, 3.63) is 64.2 Å². The van der Waals surface area contributed by atoms with E-state index in [2.05, 4.69) is 0 Å². The monoisotopic (exact) mass is 459 g/mol. The second-order valence-corrected chi connectivity index (χ2v) is 7.60. The minimum Gasteiger partial charge on any atom is -0.507 e. The number of aliphatic hydroxyl groups excluding tert-OH is 1. The Morgan fingerprint density at radius 1 is 1.16 bits per heavy atom. The number of carbonyl (C=O) groups is 2. The van der Waals surface area contributed by atoms with Gasteiger partial charge in [-0.1, -0.05) is 23.7 Å². The summed E-state index contributed by atoms with van der Waals surface area (Å²) in [6, 6.07) is 11.1. The Balaban J connectivity index is 2.15. The Bertz CT molecular complexity index is 1030. The number of halogens is 1.